The van der Waals surface area contributed by atoms with Gasteiger partial charge < -0.3 is 24.3 Å². The first-order valence-electron chi connectivity index (χ1n) is 12.5. The van der Waals surface area contributed by atoms with Crippen LogP contribution in [0.25, 0.3) is 0 Å². The van der Waals surface area contributed by atoms with Crippen molar-refractivity contribution >= 4 is 29.2 Å². The summed E-state index contributed by atoms with van der Waals surface area (Å²) in [5.41, 5.74) is 3.19. The number of anilines is 2. The van der Waals surface area contributed by atoms with Crippen molar-refractivity contribution in [3.05, 3.63) is 95.2 Å². The molecule has 1 atom stereocenters. The Kier molecular flexibility index (Phi) is 8.50. The average molecular weight is 531 g/mol. The summed E-state index contributed by atoms with van der Waals surface area (Å²) < 4.78 is 21.0. The molecule has 9 nitrogen and oxygen atoms in total. The molecule has 0 saturated carbocycles. The minimum atomic E-state index is -0.480. The zero-order valence-corrected chi connectivity index (χ0v) is 22.2. The number of ether oxygens (including phenoxy) is 4. The molecule has 0 aliphatic carbocycles. The van der Waals surface area contributed by atoms with E-state index in [2.05, 4.69) is 5.32 Å². The van der Waals surface area contributed by atoms with Gasteiger partial charge in [-0.25, -0.2) is 9.59 Å². The molecule has 0 aromatic heterocycles. The van der Waals surface area contributed by atoms with Crippen molar-refractivity contribution in [1.82, 2.24) is 0 Å². The first kappa shape index (κ1) is 27.3. The Hall–Kier alpha value is -4.79. The van der Waals surface area contributed by atoms with Crippen LogP contribution in [0.3, 0.4) is 0 Å². The van der Waals surface area contributed by atoms with Gasteiger partial charge in [-0.05, 0) is 86.2 Å². The zero-order valence-electron chi connectivity index (χ0n) is 22.2. The average Bonchev–Trinajstić information content (AvgIpc) is 3.28. The quantitative estimate of drug-likeness (QED) is 0.360. The third kappa shape index (κ3) is 5.87. The molecule has 1 aliphatic heterocycles. The van der Waals surface area contributed by atoms with Crippen LogP contribution in [0.5, 0.6) is 11.5 Å². The van der Waals surface area contributed by atoms with Crippen molar-refractivity contribution in [2.24, 2.45) is 0 Å². The van der Waals surface area contributed by atoms with Gasteiger partial charge in [-0.15, -0.1) is 0 Å². The van der Waals surface area contributed by atoms with Crippen molar-refractivity contribution in [2.75, 3.05) is 37.7 Å². The van der Waals surface area contributed by atoms with E-state index < -0.39 is 18.0 Å². The fourth-order valence-electron chi connectivity index (χ4n) is 4.25. The number of hydrogen-bond acceptors (Lipinski definition) is 8. The molecule has 0 bridgehead atoms. The fraction of sp³-hybridized carbons (Fsp3) is 0.233. The van der Waals surface area contributed by atoms with Crippen molar-refractivity contribution < 1.29 is 33.3 Å². The highest BCUT2D eigenvalue weighted by atomic mass is 16.5. The molecule has 0 unspecified atom stereocenters. The highest BCUT2D eigenvalue weighted by molar-refractivity contribution is 6.11. The van der Waals surface area contributed by atoms with Crippen LogP contribution in [0.15, 0.2) is 78.5 Å². The number of amides is 1. The topological polar surface area (TPSA) is 103 Å². The Labute approximate surface area is 226 Å². The number of nitrogens with one attached hydrogen (secondary N) is 1. The maximum absolute atomic E-state index is 13.7. The molecule has 1 heterocycles. The molecule has 3 aromatic rings. The van der Waals surface area contributed by atoms with Gasteiger partial charge in [0.15, 0.2) is 11.5 Å². The third-order valence-corrected chi connectivity index (χ3v) is 6.13. The van der Waals surface area contributed by atoms with Crippen LogP contribution in [0.4, 0.5) is 11.4 Å². The van der Waals surface area contributed by atoms with Gasteiger partial charge in [-0.1, -0.05) is 6.07 Å². The van der Waals surface area contributed by atoms with Crippen LogP contribution in [0.1, 0.15) is 46.2 Å². The smallest absolute Gasteiger partial charge is 0.338 e. The van der Waals surface area contributed by atoms with Crippen LogP contribution < -0.4 is 19.7 Å². The summed E-state index contributed by atoms with van der Waals surface area (Å²) in [5, 5.41) is 3.17. The number of benzene rings is 3. The predicted molar refractivity (Wildman–Crippen MR) is 146 cm³/mol. The normalized spacial score (nSPS) is 14.5. The van der Waals surface area contributed by atoms with E-state index in [1.54, 1.807) is 87.6 Å². The molecule has 4 rings (SSSR count). The lowest BCUT2D eigenvalue weighted by atomic mass is 10.0. The lowest BCUT2D eigenvalue weighted by Gasteiger charge is -2.26. The van der Waals surface area contributed by atoms with Crippen LogP contribution in [-0.2, 0) is 14.3 Å². The molecule has 1 aliphatic rings. The van der Waals surface area contributed by atoms with Gasteiger partial charge in [0.25, 0.3) is 5.91 Å². The van der Waals surface area contributed by atoms with Gasteiger partial charge in [-0.3, -0.25) is 9.69 Å². The van der Waals surface area contributed by atoms with Crippen LogP contribution in [-0.4, -0.2) is 45.3 Å². The van der Waals surface area contributed by atoms with Gasteiger partial charge in [0.1, 0.15) is 5.70 Å². The van der Waals surface area contributed by atoms with E-state index in [-0.39, 0.29) is 19.1 Å². The first-order valence-corrected chi connectivity index (χ1v) is 12.5. The van der Waals surface area contributed by atoms with Crippen molar-refractivity contribution in [3.63, 3.8) is 0 Å². The molecule has 9 heteroatoms. The summed E-state index contributed by atoms with van der Waals surface area (Å²) in [4.78, 5) is 39.5. The summed E-state index contributed by atoms with van der Waals surface area (Å²) in [6.45, 7) is 4.05. The molecule has 0 fully saturated rings. The van der Waals surface area contributed by atoms with Gasteiger partial charge in [0.05, 0.1) is 44.6 Å². The van der Waals surface area contributed by atoms with Gasteiger partial charge in [0.2, 0.25) is 0 Å². The number of carbonyl (C=O) groups is 3. The van der Waals surface area contributed by atoms with Crippen molar-refractivity contribution in [2.45, 2.75) is 19.9 Å². The molecule has 0 saturated heterocycles. The van der Waals surface area contributed by atoms with Gasteiger partial charge in [0, 0.05) is 11.4 Å². The highest BCUT2D eigenvalue weighted by Gasteiger charge is 2.35. The van der Waals surface area contributed by atoms with E-state index in [1.807, 2.05) is 18.2 Å². The number of hydrogen-bond donors (Lipinski definition) is 1. The molecule has 0 spiro atoms. The van der Waals surface area contributed by atoms with Gasteiger partial charge in [-0.2, -0.15) is 0 Å². The molecular formula is C30H30N2O7. The number of esters is 2. The SMILES string of the molecule is CCOC(=O)c1ccc(NC2=C[C@@H](c3ccc(OC)c(OC)c3)N(c3ccc(C(=O)OCC)cc3)C2=O)cc1. The third-order valence-electron chi connectivity index (χ3n) is 6.13. The van der Waals surface area contributed by atoms with Crippen LogP contribution in [0, 0.1) is 0 Å². The van der Waals surface area contributed by atoms with E-state index in [1.165, 1.54) is 0 Å². The minimum absolute atomic E-state index is 0.270. The van der Waals surface area contributed by atoms with E-state index in [0.29, 0.717) is 39.7 Å². The van der Waals surface area contributed by atoms with Crippen molar-refractivity contribution in [3.8, 4) is 11.5 Å². The van der Waals surface area contributed by atoms with E-state index in [4.69, 9.17) is 18.9 Å². The van der Waals surface area contributed by atoms with E-state index in [0.717, 1.165) is 5.56 Å². The monoisotopic (exact) mass is 530 g/mol. The Balaban J connectivity index is 1.68. The van der Waals surface area contributed by atoms with Crippen molar-refractivity contribution in [1.29, 1.82) is 0 Å². The Morgan fingerprint density at radius 3 is 1.90 bits per heavy atom. The predicted octanol–water partition coefficient (Wildman–Crippen LogP) is 5.14. The Morgan fingerprint density at radius 1 is 0.795 bits per heavy atom. The molecule has 1 N–H and O–H groups in total. The number of nitrogens with zero attached hydrogens (tertiary/aromatic N) is 1. The molecule has 202 valence electrons. The summed E-state index contributed by atoms with van der Waals surface area (Å²) in [6.07, 6.45) is 1.82. The molecule has 3 aromatic carbocycles. The maximum Gasteiger partial charge on any atom is 0.338 e. The summed E-state index contributed by atoms with van der Waals surface area (Å²) in [5.74, 6) is -0.0105. The minimum Gasteiger partial charge on any atom is -0.493 e. The summed E-state index contributed by atoms with van der Waals surface area (Å²) in [7, 11) is 3.11. The lowest BCUT2D eigenvalue weighted by Crippen LogP contribution is -2.30. The zero-order chi connectivity index (χ0) is 27.9. The highest BCUT2D eigenvalue weighted by Crippen LogP contribution is 2.39. The molecular weight excluding hydrogens is 500 g/mol. The molecule has 0 radical (unpaired) electrons. The van der Waals surface area contributed by atoms with Crippen LogP contribution in [0.2, 0.25) is 0 Å². The largest absolute Gasteiger partial charge is 0.493 e. The Bertz CT molecular complexity index is 1380. The fourth-order valence-corrected chi connectivity index (χ4v) is 4.25. The standard InChI is InChI=1S/C30H30N2O7/c1-5-38-29(34)19-7-12-22(13-8-19)31-24-18-25(21-11-16-26(36-3)27(17-21)37-4)32(28(24)33)23-14-9-20(10-15-23)30(35)39-6-2/h7-18,25,31H,5-6H2,1-4H3/t25-/m0/s1. The number of methoxy groups -OCH3 is 2. The first-order chi connectivity index (χ1) is 18.9. The Morgan fingerprint density at radius 2 is 1.36 bits per heavy atom. The van der Waals surface area contributed by atoms with E-state index in [9.17, 15) is 14.4 Å². The summed E-state index contributed by atoms with van der Waals surface area (Å²) in [6, 6.07) is 18.4. The second kappa shape index (κ2) is 12.2. The second-order valence-corrected chi connectivity index (χ2v) is 8.50. The number of rotatable bonds is 10. The second-order valence-electron chi connectivity index (χ2n) is 8.50. The van der Waals surface area contributed by atoms with Gasteiger partial charge >= 0.3 is 11.9 Å². The lowest BCUT2D eigenvalue weighted by molar-refractivity contribution is -0.114. The molecule has 39 heavy (non-hydrogen) atoms. The number of carbonyl (C=O) groups excluding carboxylic acids is 3. The maximum atomic E-state index is 13.7. The molecule has 1 amide bonds. The van der Waals surface area contributed by atoms with Crippen LogP contribution >= 0.6 is 0 Å². The summed E-state index contributed by atoms with van der Waals surface area (Å²) >= 11 is 0. The van der Waals surface area contributed by atoms with E-state index >= 15 is 0 Å².